The molecule has 1 saturated heterocycles. The summed E-state index contributed by atoms with van der Waals surface area (Å²) in [6.45, 7) is 1.13. The molecule has 0 aliphatic carbocycles. The average Bonchev–Trinajstić information content (AvgIpc) is 3.19. The number of rotatable bonds is 7. The number of nitrogens with zero attached hydrogens (tertiary/aromatic N) is 2. The summed E-state index contributed by atoms with van der Waals surface area (Å²) in [4.78, 5) is 14.9. The lowest BCUT2D eigenvalue weighted by Crippen LogP contribution is -2.39. The van der Waals surface area contributed by atoms with Gasteiger partial charge in [0.05, 0.1) is 6.04 Å². The number of sulfonamides is 1. The van der Waals surface area contributed by atoms with Crippen molar-refractivity contribution in [2.75, 3.05) is 45.2 Å². The van der Waals surface area contributed by atoms with Crippen molar-refractivity contribution in [2.24, 2.45) is 0 Å². The first-order chi connectivity index (χ1) is 13.8. The largest absolute Gasteiger partial charge is 0.349 e. The van der Waals surface area contributed by atoms with Gasteiger partial charge >= 0.3 is 0 Å². The van der Waals surface area contributed by atoms with E-state index in [9.17, 15) is 17.6 Å². The van der Waals surface area contributed by atoms with Gasteiger partial charge in [-0.3, -0.25) is 4.79 Å². The number of hydrogen-bond acceptors (Lipinski definition) is 6. The lowest BCUT2D eigenvalue weighted by Gasteiger charge is -2.26. The maximum atomic E-state index is 13.6. The van der Waals surface area contributed by atoms with Crippen molar-refractivity contribution in [1.82, 2.24) is 14.5 Å². The van der Waals surface area contributed by atoms with E-state index in [4.69, 9.17) is 0 Å². The van der Waals surface area contributed by atoms with Crippen molar-refractivity contribution >= 4 is 39.0 Å². The minimum Gasteiger partial charge on any atom is -0.349 e. The SMILES string of the molecule is CN(C)C(CNC(=O)c1sccc1S(=O)(=O)N1CCSCC1)c1cccc(F)c1. The molecule has 0 saturated carbocycles. The molecule has 1 unspecified atom stereocenters. The zero-order chi connectivity index (χ0) is 21.0. The standard InChI is InChI=1S/C19H24FN3O3S3/c1-22(2)16(14-4-3-5-15(20)12-14)13-21-19(24)18-17(6-9-28-18)29(25,26)23-7-10-27-11-8-23/h3-6,9,12,16H,7-8,10-11,13H2,1-2H3,(H,21,24). The van der Waals surface area contributed by atoms with Crippen molar-refractivity contribution in [1.29, 1.82) is 0 Å². The number of nitrogens with one attached hydrogen (secondary N) is 1. The highest BCUT2D eigenvalue weighted by molar-refractivity contribution is 7.99. The van der Waals surface area contributed by atoms with Crippen LogP contribution in [0.15, 0.2) is 40.6 Å². The quantitative estimate of drug-likeness (QED) is 0.692. The second-order valence-corrected chi connectivity index (χ2v) is 10.9. The fraction of sp³-hybridized carbons (Fsp3) is 0.421. The molecule has 10 heteroatoms. The topological polar surface area (TPSA) is 69.7 Å². The molecule has 6 nitrogen and oxygen atoms in total. The summed E-state index contributed by atoms with van der Waals surface area (Å²) in [5.74, 6) is 0.728. The highest BCUT2D eigenvalue weighted by atomic mass is 32.2. The van der Waals surface area contributed by atoms with E-state index in [2.05, 4.69) is 5.32 Å². The van der Waals surface area contributed by atoms with Crippen molar-refractivity contribution in [3.05, 3.63) is 52.0 Å². The molecule has 2 heterocycles. The van der Waals surface area contributed by atoms with E-state index >= 15 is 0 Å². The summed E-state index contributed by atoms with van der Waals surface area (Å²) >= 11 is 2.83. The third kappa shape index (κ3) is 5.18. The number of carbonyl (C=O) groups is 1. The normalized spacial score (nSPS) is 16.7. The Morgan fingerprint density at radius 1 is 1.28 bits per heavy atom. The van der Waals surface area contributed by atoms with E-state index in [1.165, 1.54) is 22.5 Å². The number of thiophene rings is 1. The maximum Gasteiger partial charge on any atom is 0.262 e. The maximum absolute atomic E-state index is 13.6. The van der Waals surface area contributed by atoms with Crippen molar-refractivity contribution in [3.63, 3.8) is 0 Å². The second kappa shape index (κ2) is 9.57. The average molecular weight is 458 g/mol. The van der Waals surface area contributed by atoms with Crippen LogP contribution in [-0.4, -0.2) is 68.8 Å². The number of benzene rings is 1. The molecule has 1 atom stereocenters. The summed E-state index contributed by atoms with van der Waals surface area (Å²) in [5, 5.41) is 4.44. The van der Waals surface area contributed by atoms with Crippen molar-refractivity contribution in [3.8, 4) is 0 Å². The van der Waals surface area contributed by atoms with Gasteiger partial charge in [0, 0.05) is 31.1 Å². The Morgan fingerprint density at radius 2 is 2.00 bits per heavy atom. The molecule has 0 spiro atoms. The van der Waals surface area contributed by atoms with Crippen LogP contribution in [-0.2, 0) is 10.0 Å². The van der Waals surface area contributed by atoms with E-state index in [0.717, 1.165) is 28.4 Å². The Labute approximate surface area is 179 Å². The van der Waals surface area contributed by atoms with E-state index < -0.39 is 15.9 Å². The molecular weight excluding hydrogens is 433 g/mol. The van der Waals surface area contributed by atoms with Gasteiger partial charge in [0.2, 0.25) is 10.0 Å². The smallest absolute Gasteiger partial charge is 0.262 e. The summed E-state index contributed by atoms with van der Waals surface area (Å²) < 4.78 is 41.0. The molecule has 1 N–H and O–H groups in total. The summed E-state index contributed by atoms with van der Waals surface area (Å²) in [5.41, 5.74) is 0.736. The molecule has 29 heavy (non-hydrogen) atoms. The van der Waals surface area contributed by atoms with Crippen LogP contribution in [0, 0.1) is 5.82 Å². The van der Waals surface area contributed by atoms with Gasteiger partial charge in [0.15, 0.2) is 0 Å². The fourth-order valence-corrected chi connectivity index (χ4v) is 7.07. The molecule has 1 fully saturated rings. The van der Waals surface area contributed by atoms with E-state index in [1.807, 2.05) is 19.0 Å². The first kappa shape index (κ1) is 22.2. The molecule has 1 aromatic heterocycles. The molecule has 1 aliphatic rings. The number of thioether (sulfide) groups is 1. The van der Waals surface area contributed by atoms with Crippen LogP contribution in [0.3, 0.4) is 0 Å². The Kier molecular flexibility index (Phi) is 7.33. The molecule has 0 bridgehead atoms. The van der Waals surface area contributed by atoms with Crippen LogP contribution < -0.4 is 5.32 Å². The van der Waals surface area contributed by atoms with Gasteiger partial charge in [-0.25, -0.2) is 12.8 Å². The predicted octanol–water partition coefficient (Wildman–Crippen LogP) is 2.66. The van der Waals surface area contributed by atoms with Crippen LogP contribution in [0.2, 0.25) is 0 Å². The lowest BCUT2D eigenvalue weighted by molar-refractivity contribution is 0.0943. The monoisotopic (exact) mass is 457 g/mol. The minimum absolute atomic E-state index is 0.0547. The number of amides is 1. The van der Waals surface area contributed by atoms with Gasteiger partial charge in [0.1, 0.15) is 15.6 Å². The molecule has 1 aromatic carbocycles. The highest BCUT2D eigenvalue weighted by Gasteiger charge is 2.31. The minimum atomic E-state index is -3.70. The number of carbonyl (C=O) groups excluding carboxylic acids is 1. The fourth-order valence-electron chi connectivity index (χ4n) is 3.17. The predicted molar refractivity (Wildman–Crippen MR) is 116 cm³/mol. The molecule has 1 aliphatic heterocycles. The third-order valence-electron chi connectivity index (χ3n) is 4.74. The van der Waals surface area contributed by atoms with Gasteiger partial charge in [-0.2, -0.15) is 16.1 Å². The van der Waals surface area contributed by atoms with Crippen LogP contribution in [0.5, 0.6) is 0 Å². The molecule has 2 aromatic rings. The Morgan fingerprint density at radius 3 is 2.66 bits per heavy atom. The van der Waals surface area contributed by atoms with Gasteiger partial charge in [-0.15, -0.1) is 11.3 Å². The molecule has 158 valence electrons. The van der Waals surface area contributed by atoms with E-state index in [-0.39, 0.29) is 28.2 Å². The second-order valence-electron chi connectivity index (χ2n) is 6.87. The Balaban J connectivity index is 1.75. The molecule has 3 rings (SSSR count). The number of likely N-dealkylation sites (N-methyl/N-ethyl adjacent to an activating group) is 1. The summed E-state index contributed by atoms with van der Waals surface area (Å²) in [6.07, 6.45) is 0. The zero-order valence-electron chi connectivity index (χ0n) is 16.3. The first-order valence-corrected chi connectivity index (χ1v) is 12.6. The van der Waals surface area contributed by atoms with E-state index in [0.29, 0.717) is 13.1 Å². The number of halogens is 1. The van der Waals surface area contributed by atoms with Gasteiger partial charge in [-0.05, 0) is 43.2 Å². The molecule has 0 radical (unpaired) electrons. The third-order valence-corrected chi connectivity index (χ3v) is 8.66. The number of hydrogen-bond donors (Lipinski definition) is 1. The summed E-state index contributed by atoms with van der Waals surface area (Å²) in [7, 11) is -0.00873. The van der Waals surface area contributed by atoms with Gasteiger partial charge in [-0.1, -0.05) is 12.1 Å². The van der Waals surface area contributed by atoms with Gasteiger partial charge < -0.3 is 10.2 Å². The van der Waals surface area contributed by atoms with Crippen LogP contribution in [0.4, 0.5) is 4.39 Å². The van der Waals surface area contributed by atoms with Gasteiger partial charge in [0.25, 0.3) is 5.91 Å². The van der Waals surface area contributed by atoms with Crippen LogP contribution in [0.1, 0.15) is 21.3 Å². The van der Waals surface area contributed by atoms with E-state index in [1.54, 1.807) is 29.3 Å². The van der Waals surface area contributed by atoms with Crippen molar-refractivity contribution in [2.45, 2.75) is 10.9 Å². The van der Waals surface area contributed by atoms with Crippen LogP contribution in [0.25, 0.3) is 0 Å². The summed E-state index contributed by atoms with van der Waals surface area (Å²) in [6, 6.07) is 7.49. The Bertz CT molecular complexity index is 956. The lowest BCUT2D eigenvalue weighted by atomic mass is 10.1. The zero-order valence-corrected chi connectivity index (χ0v) is 18.7. The van der Waals surface area contributed by atoms with Crippen molar-refractivity contribution < 1.29 is 17.6 Å². The highest BCUT2D eigenvalue weighted by Crippen LogP contribution is 2.27. The Hall–Kier alpha value is -1.46. The first-order valence-electron chi connectivity index (χ1n) is 9.16. The molecular formula is C19H24FN3O3S3. The van der Waals surface area contributed by atoms with Crippen LogP contribution >= 0.6 is 23.1 Å². The molecule has 1 amide bonds.